The molecule has 0 saturated carbocycles. The Hall–Kier alpha value is -2.82. The molecule has 1 atom stereocenters. The first kappa shape index (κ1) is 19.5. The number of halogens is 5. The molecular weight excluding hydrogens is 417 g/mol. The number of benzene rings is 2. The van der Waals surface area contributed by atoms with Crippen LogP contribution < -0.4 is 9.47 Å². The Kier molecular flexibility index (Phi) is 5.07. The standard InChI is InChI=1S/C18H12F5N3O2S/c1-26-17(11-6-27-9-4-2-3-5-10(9)28-11)24-25-18(26)29-7-8-12(19)14(21)16(23)15(22)13(8)20/h2-5,11H,6-7H2,1H3. The van der Waals surface area contributed by atoms with Crippen molar-refractivity contribution in [1.82, 2.24) is 14.8 Å². The van der Waals surface area contributed by atoms with Crippen LogP contribution in [0.1, 0.15) is 17.5 Å². The van der Waals surface area contributed by atoms with Gasteiger partial charge in [0.1, 0.15) is 6.61 Å². The number of para-hydroxylation sites is 2. The van der Waals surface area contributed by atoms with Crippen molar-refractivity contribution in [2.45, 2.75) is 17.0 Å². The van der Waals surface area contributed by atoms with Crippen LogP contribution in [0.25, 0.3) is 0 Å². The molecule has 1 aliphatic heterocycles. The topological polar surface area (TPSA) is 49.2 Å². The quantitative estimate of drug-likeness (QED) is 0.268. The van der Waals surface area contributed by atoms with Gasteiger partial charge in [-0.3, -0.25) is 0 Å². The van der Waals surface area contributed by atoms with Crippen molar-refractivity contribution in [1.29, 1.82) is 0 Å². The fraction of sp³-hybridized carbons (Fsp3) is 0.222. The van der Waals surface area contributed by atoms with E-state index in [9.17, 15) is 22.0 Å². The number of fused-ring (bicyclic) bond motifs is 1. The summed E-state index contributed by atoms with van der Waals surface area (Å²) in [6.07, 6.45) is -0.578. The summed E-state index contributed by atoms with van der Waals surface area (Å²) >= 11 is 0.779. The van der Waals surface area contributed by atoms with Crippen molar-refractivity contribution in [3.05, 3.63) is 64.7 Å². The largest absolute Gasteiger partial charge is 0.485 e. The van der Waals surface area contributed by atoms with Crippen LogP contribution in [0.4, 0.5) is 22.0 Å². The maximum Gasteiger partial charge on any atom is 0.200 e. The van der Waals surface area contributed by atoms with E-state index in [4.69, 9.17) is 9.47 Å². The van der Waals surface area contributed by atoms with Gasteiger partial charge in [-0.05, 0) is 12.1 Å². The third-order valence-electron chi connectivity index (χ3n) is 4.31. The Bertz CT molecular complexity index is 1060. The number of thioether (sulfide) groups is 1. The molecule has 0 bridgehead atoms. The predicted molar refractivity (Wildman–Crippen MR) is 92.1 cm³/mol. The number of rotatable bonds is 4. The minimum absolute atomic E-state index is 0.172. The molecular formula is C18H12F5N3O2S. The lowest BCUT2D eigenvalue weighted by Gasteiger charge is -2.25. The maximum absolute atomic E-state index is 13.8. The summed E-state index contributed by atoms with van der Waals surface area (Å²) in [4.78, 5) is 0. The van der Waals surface area contributed by atoms with Crippen LogP contribution in [0.15, 0.2) is 29.4 Å². The maximum atomic E-state index is 13.8. The van der Waals surface area contributed by atoms with Crippen molar-refractivity contribution < 1.29 is 31.4 Å². The lowest BCUT2D eigenvalue weighted by Crippen LogP contribution is -2.24. The highest BCUT2D eigenvalue weighted by Crippen LogP contribution is 2.36. The Morgan fingerprint density at radius 2 is 1.59 bits per heavy atom. The molecule has 2 heterocycles. The molecule has 2 aromatic carbocycles. The Morgan fingerprint density at radius 1 is 0.966 bits per heavy atom. The van der Waals surface area contributed by atoms with Crippen LogP contribution >= 0.6 is 11.8 Å². The molecule has 1 aromatic heterocycles. The summed E-state index contributed by atoms with van der Waals surface area (Å²) < 4.78 is 80.5. The molecule has 0 fully saturated rings. The van der Waals surface area contributed by atoms with Crippen LogP contribution in [0.5, 0.6) is 11.5 Å². The average Bonchev–Trinajstić information content (AvgIpc) is 3.11. The lowest BCUT2D eigenvalue weighted by atomic mass is 10.2. The zero-order valence-corrected chi connectivity index (χ0v) is 15.6. The van der Waals surface area contributed by atoms with Gasteiger partial charge in [-0.2, -0.15) is 0 Å². The van der Waals surface area contributed by atoms with Crippen LogP contribution in [-0.4, -0.2) is 21.4 Å². The van der Waals surface area contributed by atoms with E-state index in [-0.39, 0.29) is 11.8 Å². The molecule has 0 aliphatic carbocycles. The van der Waals surface area contributed by atoms with E-state index in [2.05, 4.69) is 10.2 Å². The van der Waals surface area contributed by atoms with Crippen molar-refractivity contribution in [3.8, 4) is 11.5 Å². The van der Waals surface area contributed by atoms with E-state index in [0.29, 0.717) is 17.3 Å². The molecule has 11 heteroatoms. The molecule has 3 aromatic rings. The first-order valence-corrected chi connectivity index (χ1v) is 9.28. The highest BCUT2D eigenvalue weighted by molar-refractivity contribution is 7.98. The molecule has 0 amide bonds. The molecule has 4 rings (SSSR count). The Labute approximate surface area is 165 Å². The third kappa shape index (κ3) is 3.39. The molecule has 5 nitrogen and oxygen atoms in total. The van der Waals surface area contributed by atoms with E-state index in [1.807, 2.05) is 0 Å². The van der Waals surface area contributed by atoms with Crippen molar-refractivity contribution >= 4 is 11.8 Å². The predicted octanol–water partition coefficient (Wildman–Crippen LogP) is 4.32. The lowest BCUT2D eigenvalue weighted by molar-refractivity contribution is 0.0825. The molecule has 152 valence electrons. The van der Waals surface area contributed by atoms with Gasteiger partial charge in [0.15, 0.2) is 51.9 Å². The van der Waals surface area contributed by atoms with Gasteiger partial charge in [-0.25, -0.2) is 22.0 Å². The van der Waals surface area contributed by atoms with Gasteiger partial charge in [-0.1, -0.05) is 23.9 Å². The van der Waals surface area contributed by atoms with Gasteiger partial charge in [0, 0.05) is 18.4 Å². The van der Waals surface area contributed by atoms with E-state index in [1.165, 1.54) is 4.57 Å². The second-order valence-electron chi connectivity index (χ2n) is 6.10. The fourth-order valence-electron chi connectivity index (χ4n) is 2.79. The summed E-state index contributed by atoms with van der Waals surface area (Å²) in [6, 6.07) is 7.08. The average molecular weight is 429 g/mol. The number of ether oxygens (including phenoxy) is 2. The molecule has 0 N–H and O–H groups in total. The van der Waals surface area contributed by atoms with Crippen LogP contribution in [0, 0.1) is 29.1 Å². The number of nitrogens with zero attached hydrogens (tertiary/aromatic N) is 3. The van der Waals surface area contributed by atoms with Gasteiger partial charge in [0.05, 0.1) is 0 Å². The van der Waals surface area contributed by atoms with Gasteiger partial charge < -0.3 is 14.0 Å². The Balaban J connectivity index is 1.54. The number of hydrogen-bond donors (Lipinski definition) is 0. The summed E-state index contributed by atoms with van der Waals surface area (Å²) in [6.45, 7) is 0.172. The smallest absolute Gasteiger partial charge is 0.200 e. The fourth-order valence-corrected chi connectivity index (χ4v) is 3.71. The first-order chi connectivity index (χ1) is 13.9. The summed E-state index contributed by atoms with van der Waals surface area (Å²) in [5.41, 5.74) is -0.929. The van der Waals surface area contributed by atoms with Crippen molar-refractivity contribution in [2.24, 2.45) is 7.05 Å². The molecule has 1 aliphatic rings. The summed E-state index contributed by atoms with van der Waals surface area (Å²) in [5, 5.41) is 8.14. The van der Waals surface area contributed by atoms with Crippen LogP contribution in [0.2, 0.25) is 0 Å². The van der Waals surface area contributed by atoms with Crippen molar-refractivity contribution in [2.75, 3.05) is 6.61 Å². The number of aromatic nitrogens is 3. The minimum atomic E-state index is -2.19. The van der Waals surface area contributed by atoms with Gasteiger partial charge in [-0.15, -0.1) is 10.2 Å². The highest BCUT2D eigenvalue weighted by atomic mass is 32.2. The normalized spacial score (nSPS) is 15.6. The monoisotopic (exact) mass is 429 g/mol. The Morgan fingerprint density at radius 3 is 2.28 bits per heavy atom. The van der Waals surface area contributed by atoms with Crippen molar-refractivity contribution in [3.63, 3.8) is 0 Å². The molecule has 0 saturated heterocycles. The first-order valence-electron chi connectivity index (χ1n) is 8.29. The van der Waals surface area contributed by atoms with Crippen LogP contribution in [0.3, 0.4) is 0 Å². The SMILES string of the molecule is Cn1c(SCc2c(F)c(F)c(F)c(F)c2F)nnc1C1COc2ccccc2O1. The summed E-state index contributed by atoms with van der Waals surface area (Å²) in [7, 11) is 1.60. The zero-order valence-electron chi connectivity index (χ0n) is 14.8. The molecule has 1 unspecified atom stereocenters. The van der Waals surface area contributed by atoms with E-state index in [0.717, 1.165) is 11.8 Å². The van der Waals surface area contributed by atoms with E-state index in [1.54, 1.807) is 31.3 Å². The second-order valence-corrected chi connectivity index (χ2v) is 7.04. The number of hydrogen-bond acceptors (Lipinski definition) is 5. The van der Waals surface area contributed by atoms with Gasteiger partial charge in [0.2, 0.25) is 5.82 Å². The molecule has 0 spiro atoms. The highest BCUT2D eigenvalue weighted by Gasteiger charge is 2.29. The van der Waals surface area contributed by atoms with Crippen LogP contribution in [-0.2, 0) is 12.8 Å². The molecule has 0 radical (unpaired) electrons. The second kappa shape index (κ2) is 7.54. The van der Waals surface area contributed by atoms with Gasteiger partial charge in [0.25, 0.3) is 0 Å². The third-order valence-corrected chi connectivity index (χ3v) is 5.36. The minimum Gasteiger partial charge on any atom is -0.485 e. The van der Waals surface area contributed by atoms with E-state index < -0.39 is 46.5 Å². The molecule has 29 heavy (non-hydrogen) atoms. The van der Waals surface area contributed by atoms with E-state index >= 15 is 0 Å². The zero-order chi connectivity index (χ0) is 20.7. The summed E-state index contributed by atoms with van der Waals surface area (Å²) in [5.74, 6) is -8.90. The van der Waals surface area contributed by atoms with Gasteiger partial charge >= 0.3 is 0 Å².